The van der Waals surface area contributed by atoms with Gasteiger partial charge in [-0.1, -0.05) is 6.92 Å². The number of hydrogen-bond donors (Lipinski definition) is 0. The van der Waals surface area contributed by atoms with Crippen LogP contribution in [0.1, 0.15) is 56.5 Å². The molecule has 0 amide bonds. The maximum absolute atomic E-state index is 6.05. The quantitative estimate of drug-likeness (QED) is 0.803. The summed E-state index contributed by atoms with van der Waals surface area (Å²) in [5.41, 5.74) is 0. The molecule has 128 valence electrons. The lowest BCUT2D eigenvalue weighted by Gasteiger charge is -2.31. The Morgan fingerprint density at radius 1 is 1.22 bits per heavy atom. The lowest BCUT2D eigenvalue weighted by atomic mass is 10.1. The van der Waals surface area contributed by atoms with Crippen molar-refractivity contribution in [1.82, 2.24) is 4.90 Å². The number of furan rings is 1. The first kappa shape index (κ1) is 15.7. The summed E-state index contributed by atoms with van der Waals surface area (Å²) in [7, 11) is 0. The summed E-state index contributed by atoms with van der Waals surface area (Å²) >= 11 is 0. The van der Waals surface area contributed by atoms with Crippen molar-refractivity contribution in [1.29, 1.82) is 0 Å². The number of piperidine rings is 1. The minimum Gasteiger partial charge on any atom is -0.464 e. The van der Waals surface area contributed by atoms with Gasteiger partial charge in [-0.25, -0.2) is 0 Å². The second kappa shape index (κ2) is 6.96. The third-order valence-electron chi connectivity index (χ3n) is 5.61. The standard InChI is InChI=1S/C19H29NO3/c1-14-11-18(14)19-5-4-16(23-19)12-20-8-6-15(7-9-20)22-13-17-3-2-10-21-17/h4-5,14-15,17-18H,2-3,6-13H2,1H3/t14-,17-,18+/m1/s1. The molecule has 1 aromatic heterocycles. The van der Waals surface area contributed by atoms with E-state index in [0.717, 1.165) is 57.4 Å². The number of ether oxygens (including phenoxy) is 2. The second-order valence-corrected chi connectivity index (χ2v) is 7.57. The van der Waals surface area contributed by atoms with Crippen molar-refractivity contribution >= 4 is 0 Å². The van der Waals surface area contributed by atoms with Gasteiger partial charge in [0.25, 0.3) is 0 Å². The Balaban J connectivity index is 1.18. The molecular weight excluding hydrogens is 290 g/mol. The van der Waals surface area contributed by atoms with Gasteiger partial charge in [-0.05, 0) is 50.2 Å². The van der Waals surface area contributed by atoms with Crippen LogP contribution in [0.15, 0.2) is 16.5 Å². The van der Waals surface area contributed by atoms with Gasteiger partial charge in [-0.2, -0.15) is 0 Å². The highest BCUT2D eigenvalue weighted by atomic mass is 16.5. The average molecular weight is 319 g/mol. The second-order valence-electron chi connectivity index (χ2n) is 7.57. The third kappa shape index (κ3) is 3.98. The summed E-state index contributed by atoms with van der Waals surface area (Å²) in [4.78, 5) is 2.49. The molecule has 3 aliphatic rings. The first-order valence-corrected chi connectivity index (χ1v) is 9.32. The fourth-order valence-corrected chi connectivity index (χ4v) is 3.87. The molecule has 3 atom stereocenters. The molecule has 0 unspecified atom stereocenters. The maximum Gasteiger partial charge on any atom is 0.118 e. The van der Waals surface area contributed by atoms with Crippen LogP contribution in [0.4, 0.5) is 0 Å². The Morgan fingerprint density at radius 2 is 2.04 bits per heavy atom. The molecule has 4 rings (SSSR count). The van der Waals surface area contributed by atoms with Crippen molar-refractivity contribution in [3.63, 3.8) is 0 Å². The van der Waals surface area contributed by atoms with E-state index in [1.165, 1.54) is 25.0 Å². The molecule has 1 aliphatic carbocycles. The van der Waals surface area contributed by atoms with Crippen LogP contribution in [0.2, 0.25) is 0 Å². The van der Waals surface area contributed by atoms with Crippen LogP contribution in [0.5, 0.6) is 0 Å². The van der Waals surface area contributed by atoms with Crippen LogP contribution in [-0.4, -0.2) is 43.4 Å². The Bertz CT molecular complexity index is 500. The van der Waals surface area contributed by atoms with E-state index in [9.17, 15) is 0 Å². The SMILES string of the molecule is C[C@@H]1C[C@@H]1c1ccc(CN2CCC(OC[C@H]3CCCO3)CC2)o1. The van der Waals surface area contributed by atoms with Crippen LogP contribution in [0, 0.1) is 5.92 Å². The van der Waals surface area contributed by atoms with E-state index in [1.807, 2.05) is 0 Å². The predicted octanol–water partition coefficient (Wildman–Crippen LogP) is 3.56. The molecule has 2 saturated heterocycles. The first-order valence-electron chi connectivity index (χ1n) is 9.32. The fourth-order valence-electron chi connectivity index (χ4n) is 3.87. The Labute approximate surface area is 139 Å². The molecule has 2 aliphatic heterocycles. The number of likely N-dealkylation sites (tertiary alicyclic amines) is 1. The molecule has 0 N–H and O–H groups in total. The van der Waals surface area contributed by atoms with Crippen molar-refractivity contribution in [3.05, 3.63) is 23.7 Å². The monoisotopic (exact) mass is 319 g/mol. The number of rotatable bonds is 6. The molecule has 3 heterocycles. The van der Waals surface area contributed by atoms with Crippen molar-refractivity contribution in [2.45, 2.75) is 63.7 Å². The van der Waals surface area contributed by atoms with Crippen LogP contribution in [0.25, 0.3) is 0 Å². The summed E-state index contributed by atoms with van der Waals surface area (Å²) in [6.07, 6.45) is 6.66. The summed E-state index contributed by atoms with van der Waals surface area (Å²) in [6, 6.07) is 4.35. The summed E-state index contributed by atoms with van der Waals surface area (Å²) in [5.74, 6) is 3.81. The van der Waals surface area contributed by atoms with E-state index < -0.39 is 0 Å². The first-order chi connectivity index (χ1) is 11.3. The normalized spacial score (nSPS) is 32.5. The molecule has 1 saturated carbocycles. The Morgan fingerprint density at radius 3 is 2.74 bits per heavy atom. The molecule has 0 bridgehead atoms. The largest absolute Gasteiger partial charge is 0.464 e. The lowest BCUT2D eigenvalue weighted by Crippen LogP contribution is -2.37. The van der Waals surface area contributed by atoms with Gasteiger partial charge in [0.05, 0.1) is 25.4 Å². The highest BCUT2D eigenvalue weighted by Gasteiger charge is 2.36. The minimum atomic E-state index is 0.347. The molecule has 3 fully saturated rings. The third-order valence-corrected chi connectivity index (χ3v) is 5.61. The fraction of sp³-hybridized carbons (Fsp3) is 0.789. The van der Waals surface area contributed by atoms with E-state index in [1.54, 1.807) is 0 Å². The highest BCUT2D eigenvalue weighted by Crippen LogP contribution is 2.47. The predicted molar refractivity (Wildman–Crippen MR) is 88.5 cm³/mol. The molecule has 23 heavy (non-hydrogen) atoms. The summed E-state index contributed by atoms with van der Waals surface area (Å²) in [6.45, 7) is 7.15. The molecule has 4 heteroatoms. The minimum absolute atomic E-state index is 0.347. The van der Waals surface area contributed by atoms with E-state index >= 15 is 0 Å². The van der Waals surface area contributed by atoms with E-state index in [4.69, 9.17) is 13.9 Å². The zero-order valence-electron chi connectivity index (χ0n) is 14.2. The van der Waals surface area contributed by atoms with Crippen molar-refractivity contribution in [2.75, 3.05) is 26.3 Å². The van der Waals surface area contributed by atoms with Crippen molar-refractivity contribution in [2.24, 2.45) is 5.92 Å². The van der Waals surface area contributed by atoms with Gasteiger partial charge in [0.15, 0.2) is 0 Å². The van der Waals surface area contributed by atoms with E-state index in [2.05, 4.69) is 24.0 Å². The van der Waals surface area contributed by atoms with Gasteiger partial charge < -0.3 is 13.9 Å². The molecule has 4 nitrogen and oxygen atoms in total. The molecular formula is C19H29NO3. The van der Waals surface area contributed by atoms with Crippen molar-refractivity contribution < 1.29 is 13.9 Å². The van der Waals surface area contributed by atoms with Crippen molar-refractivity contribution in [3.8, 4) is 0 Å². The van der Waals surface area contributed by atoms with Crippen LogP contribution < -0.4 is 0 Å². The zero-order valence-corrected chi connectivity index (χ0v) is 14.2. The van der Waals surface area contributed by atoms with Crippen LogP contribution in [0.3, 0.4) is 0 Å². The lowest BCUT2D eigenvalue weighted by molar-refractivity contribution is -0.0431. The topological polar surface area (TPSA) is 34.8 Å². The van der Waals surface area contributed by atoms with E-state index in [0.29, 0.717) is 18.1 Å². The van der Waals surface area contributed by atoms with Gasteiger partial charge in [-0.15, -0.1) is 0 Å². The smallest absolute Gasteiger partial charge is 0.118 e. The Kier molecular flexibility index (Phi) is 4.74. The van der Waals surface area contributed by atoms with Crippen LogP contribution >= 0.6 is 0 Å². The molecule has 1 aromatic rings. The van der Waals surface area contributed by atoms with E-state index in [-0.39, 0.29) is 0 Å². The highest BCUT2D eigenvalue weighted by molar-refractivity contribution is 5.17. The number of hydrogen-bond acceptors (Lipinski definition) is 4. The van der Waals surface area contributed by atoms with Gasteiger partial charge in [0.1, 0.15) is 11.5 Å². The molecule has 0 spiro atoms. The summed E-state index contributed by atoms with van der Waals surface area (Å²) < 4.78 is 17.7. The summed E-state index contributed by atoms with van der Waals surface area (Å²) in [5, 5.41) is 0. The van der Waals surface area contributed by atoms with Gasteiger partial charge in [0.2, 0.25) is 0 Å². The van der Waals surface area contributed by atoms with Gasteiger partial charge in [0, 0.05) is 25.6 Å². The maximum atomic E-state index is 6.05. The Hall–Kier alpha value is -0.840. The van der Waals surface area contributed by atoms with Crippen LogP contribution in [-0.2, 0) is 16.0 Å². The number of nitrogens with zero attached hydrogens (tertiary/aromatic N) is 1. The average Bonchev–Trinajstić information content (AvgIpc) is 2.99. The van der Waals surface area contributed by atoms with Gasteiger partial charge in [-0.3, -0.25) is 4.90 Å². The molecule has 0 radical (unpaired) electrons. The molecule has 0 aromatic carbocycles. The zero-order chi connectivity index (χ0) is 15.6. The van der Waals surface area contributed by atoms with Gasteiger partial charge >= 0.3 is 0 Å².